The van der Waals surface area contributed by atoms with E-state index in [-0.39, 0.29) is 11.5 Å². The number of rotatable bonds is 11. The van der Waals surface area contributed by atoms with Crippen LogP contribution < -0.4 is 29.9 Å². The molecule has 1 aliphatic rings. The van der Waals surface area contributed by atoms with E-state index >= 15 is 0 Å². The number of aliphatic hydroxyl groups excluding tert-OH is 2. The molecule has 222 valence electrons. The Morgan fingerprint density at radius 3 is 2.00 bits per heavy atom. The van der Waals surface area contributed by atoms with Gasteiger partial charge in [-0.3, -0.25) is 9.09 Å². The molecule has 0 unspecified atom stereocenters. The van der Waals surface area contributed by atoms with Gasteiger partial charge in [0.2, 0.25) is 0 Å². The smallest absolute Gasteiger partial charge is 0.435 e. The molecule has 0 amide bonds. The Hall–Kier alpha value is -3.40. The minimum absolute atomic E-state index is 0.134. The minimum atomic E-state index is -4.02. The van der Waals surface area contributed by atoms with Gasteiger partial charge in [0.25, 0.3) is 6.43 Å². The number of alkyl halides is 2. The highest BCUT2D eigenvalue weighted by Crippen LogP contribution is 2.53. The van der Waals surface area contributed by atoms with Crippen molar-refractivity contribution in [1.82, 2.24) is 9.55 Å². The van der Waals surface area contributed by atoms with Gasteiger partial charge in [0.05, 0.1) is 27.0 Å². The molecule has 2 aromatic carbocycles. The van der Waals surface area contributed by atoms with Crippen molar-refractivity contribution in [3.05, 3.63) is 71.0 Å². The quantitative estimate of drug-likeness (QED) is 0.270. The van der Waals surface area contributed by atoms with E-state index in [0.29, 0.717) is 22.3 Å². The molecule has 12 nitrogen and oxygen atoms in total. The second-order valence-corrected chi connectivity index (χ2v) is 11.5. The fraction of sp³-hybridized carbons (Fsp3) is 0.333. The van der Waals surface area contributed by atoms with E-state index in [1.807, 2.05) is 0 Å². The maximum atomic E-state index is 14.5. The van der Waals surface area contributed by atoms with Gasteiger partial charge >= 0.3 is 12.4 Å². The van der Waals surface area contributed by atoms with Gasteiger partial charge in [0, 0.05) is 11.8 Å². The lowest BCUT2D eigenvalue weighted by Crippen LogP contribution is -2.52. The number of halogens is 3. The number of aromatic nitrogens is 2. The Balaban J connectivity index is 1.65. The van der Waals surface area contributed by atoms with Crippen LogP contribution in [0.3, 0.4) is 0 Å². The number of ether oxygens (including phenoxy) is 3. The van der Waals surface area contributed by atoms with E-state index in [0.717, 1.165) is 0 Å². The normalized spacial score (nSPS) is 22.5. The van der Waals surface area contributed by atoms with Gasteiger partial charge in [-0.15, -0.1) is 0 Å². The number of methoxy groups -OCH3 is 2. The molecule has 1 aliphatic heterocycles. The van der Waals surface area contributed by atoms with Crippen molar-refractivity contribution >= 4 is 24.3 Å². The molecule has 0 aliphatic carbocycles. The third-order valence-corrected chi connectivity index (χ3v) is 8.11. The molecule has 1 aromatic heterocycles. The first-order chi connectivity index (χ1) is 19.4. The fourth-order valence-electron chi connectivity index (χ4n) is 3.82. The van der Waals surface area contributed by atoms with Gasteiger partial charge in [-0.1, -0.05) is 0 Å². The van der Waals surface area contributed by atoms with Crippen LogP contribution in [0, 0.1) is 5.82 Å². The summed E-state index contributed by atoms with van der Waals surface area (Å²) in [6.45, 7) is -5.20. The molecule has 0 radical (unpaired) electrons. The molecular formula is C24H25F3N3O9PS. The monoisotopic (exact) mass is 619 g/mol. The SMILES string of the molecule is COc1ccc(OP(=S)(OC[C@@]2(C(F)F)O[C@@H](n3cc(F)c(N)nc3=O)[C@H](O)[C@H]2O)Oc2ccc(OC)cc2)cc1. The molecule has 41 heavy (non-hydrogen) atoms. The molecule has 0 saturated carbocycles. The van der Waals surface area contributed by atoms with E-state index in [2.05, 4.69) is 4.98 Å². The third-order valence-electron chi connectivity index (χ3n) is 6.04. The Kier molecular flexibility index (Phi) is 9.11. The number of hydrogen-bond acceptors (Lipinski definition) is 12. The lowest BCUT2D eigenvalue weighted by molar-refractivity contribution is -0.192. The van der Waals surface area contributed by atoms with Crippen molar-refractivity contribution in [3.63, 3.8) is 0 Å². The molecule has 1 saturated heterocycles. The molecule has 1 fully saturated rings. The summed E-state index contributed by atoms with van der Waals surface area (Å²) in [6, 6.07) is 12.1. The lowest BCUT2D eigenvalue weighted by atomic mass is 9.96. The first kappa shape index (κ1) is 30.6. The largest absolute Gasteiger partial charge is 0.497 e. The summed E-state index contributed by atoms with van der Waals surface area (Å²) in [4.78, 5) is 15.5. The molecule has 3 aromatic rings. The van der Waals surface area contributed by atoms with E-state index in [1.165, 1.54) is 38.5 Å². The summed E-state index contributed by atoms with van der Waals surface area (Å²) < 4.78 is 76.2. The van der Waals surface area contributed by atoms with Crippen LogP contribution in [0.15, 0.2) is 59.5 Å². The van der Waals surface area contributed by atoms with Crippen LogP contribution in [0.4, 0.5) is 19.0 Å². The molecule has 17 heteroatoms. The first-order valence-electron chi connectivity index (χ1n) is 11.7. The standard InChI is InChI=1S/C24H25F3N3O9PS/c1-34-13-3-7-15(8-4-13)38-40(41,39-16-9-5-14(35-2)6-10-16)36-12-24(22(26)27)19(32)18(31)21(37-24)30-11-17(25)20(28)29-23(30)33/h3-11,18-19,21-22,31-32H,12H2,1-2H3,(H2,28,29,33)/t18-,19-,21-,24-/m1/s1. The topological polar surface area (TPSA) is 157 Å². The second-order valence-electron chi connectivity index (χ2n) is 8.62. The van der Waals surface area contributed by atoms with Crippen molar-refractivity contribution in [2.75, 3.05) is 26.6 Å². The summed E-state index contributed by atoms with van der Waals surface area (Å²) >= 11 is 5.51. The summed E-state index contributed by atoms with van der Waals surface area (Å²) in [7, 11) is 2.91. The number of anilines is 1. The highest BCUT2D eigenvalue weighted by Gasteiger charge is 2.61. The van der Waals surface area contributed by atoms with Crippen LogP contribution in [0.5, 0.6) is 23.0 Å². The third kappa shape index (κ3) is 6.42. The van der Waals surface area contributed by atoms with Gasteiger partial charge in [-0.25, -0.2) is 18.0 Å². The van der Waals surface area contributed by atoms with Crippen LogP contribution in [0.2, 0.25) is 0 Å². The number of hydrogen-bond donors (Lipinski definition) is 3. The van der Waals surface area contributed by atoms with E-state index in [1.54, 1.807) is 24.3 Å². The fourth-order valence-corrected chi connectivity index (χ4v) is 5.75. The molecule has 4 N–H and O–H groups in total. The zero-order valence-corrected chi connectivity index (χ0v) is 23.1. The number of aliphatic hydroxyl groups is 2. The number of benzene rings is 2. The van der Waals surface area contributed by atoms with E-state index in [4.69, 9.17) is 45.3 Å². The van der Waals surface area contributed by atoms with Crippen LogP contribution in [-0.2, 0) is 21.1 Å². The average Bonchev–Trinajstić information content (AvgIpc) is 3.21. The van der Waals surface area contributed by atoms with Crippen LogP contribution >= 0.6 is 6.72 Å². The van der Waals surface area contributed by atoms with Crippen molar-refractivity contribution in [3.8, 4) is 23.0 Å². The Morgan fingerprint density at radius 2 is 1.54 bits per heavy atom. The number of nitrogen functional groups attached to an aromatic ring is 1. The maximum absolute atomic E-state index is 14.5. The van der Waals surface area contributed by atoms with E-state index < -0.39 is 61.1 Å². The van der Waals surface area contributed by atoms with Crippen molar-refractivity contribution < 1.29 is 51.2 Å². The van der Waals surface area contributed by atoms with Crippen LogP contribution in [0.1, 0.15) is 6.23 Å². The highest BCUT2D eigenvalue weighted by atomic mass is 32.5. The van der Waals surface area contributed by atoms with Crippen LogP contribution in [0.25, 0.3) is 0 Å². The molecule has 2 heterocycles. The summed E-state index contributed by atoms with van der Waals surface area (Å²) in [5, 5.41) is 21.3. The summed E-state index contributed by atoms with van der Waals surface area (Å²) in [5.41, 5.74) is 1.08. The first-order valence-corrected chi connectivity index (χ1v) is 14.2. The van der Waals surface area contributed by atoms with Gasteiger partial charge in [-0.2, -0.15) is 4.98 Å². The molecule has 0 spiro atoms. The number of nitrogens with zero attached hydrogens (tertiary/aromatic N) is 2. The molecule has 4 rings (SSSR count). The van der Waals surface area contributed by atoms with Crippen molar-refractivity contribution in [2.24, 2.45) is 0 Å². The Morgan fingerprint density at radius 1 is 1.05 bits per heavy atom. The van der Waals surface area contributed by atoms with Gasteiger partial charge in [0.1, 0.15) is 35.2 Å². The van der Waals surface area contributed by atoms with Gasteiger partial charge < -0.3 is 39.2 Å². The summed E-state index contributed by atoms with van der Waals surface area (Å²) in [6.07, 6.45) is -9.47. The minimum Gasteiger partial charge on any atom is -0.497 e. The molecular weight excluding hydrogens is 594 g/mol. The lowest BCUT2D eigenvalue weighted by Gasteiger charge is -2.33. The summed E-state index contributed by atoms with van der Waals surface area (Å²) in [5.74, 6) is -0.688. The predicted octanol–water partition coefficient (Wildman–Crippen LogP) is 2.64. The van der Waals surface area contributed by atoms with Gasteiger partial charge in [-0.05, 0) is 48.5 Å². The van der Waals surface area contributed by atoms with Crippen molar-refractivity contribution in [2.45, 2.75) is 30.5 Å². The zero-order chi connectivity index (χ0) is 29.9. The van der Waals surface area contributed by atoms with E-state index in [9.17, 15) is 28.2 Å². The zero-order valence-electron chi connectivity index (χ0n) is 21.4. The van der Waals surface area contributed by atoms with Crippen molar-refractivity contribution in [1.29, 1.82) is 0 Å². The highest BCUT2D eigenvalue weighted by molar-refractivity contribution is 8.07. The predicted molar refractivity (Wildman–Crippen MR) is 141 cm³/mol. The Bertz CT molecular complexity index is 1410. The van der Waals surface area contributed by atoms with Crippen LogP contribution in [-0.4, -0.2) is 64.8 Å². The second kappa shape index (κ2) is 12.2. The average molecular weight is 620 g/mol. The van der Waals surface area contributed by atoms with Gasteiger partial charge in [0.15, 0.2) is 23.5 Å². The number of nitrogens with two attached hydrogens (primary N) is 1. The Labute approximate surface area is 236 Å². The molecule has 4 atom stereocenters. The maximum Gasteiger partial charge on any atom is 0.435 e. The molecule has 0 bridgehead atoms.